The smallest absolute Gasteiger partial charge is 0.331 e. The van der Waals surface area contributed by atoms with Crippen LogP contribution in [0.5, 0.6) is 0 Å². The zero-order valence-electron chi connectivity index (χ0n) is 10.8. The Labute approximate surface area is 116 Å². The Morgan fingerprint density at radius 1 is 1.50 bits per heavy atom. The molecular weight excluding hydrogens is 258 g/mol. The topological polar surface area (TPSA) is 104 Å². The third-order valence-corrected chi connectivity index (χ3v) is 2.26. The lowest BCUT2D eigenvalue weighted by Gasteiger charge is -2.08. The van der Waals surface area contributed by atoms with E-state index in [0.29, 0.717) is 11.4 Å². The summed E-state index contributed by atoms with van der Waals surface area (Å²) < 4.78 is 4.78. The van der Waals surface area contributed by atoms with Crippen molar-refractivity contribution < 1.29 is 9.53 Å². The highest BCUT2D eigenvalue weighted by Gasteiger charge is 2.26. The van der Waals surface area contributed by atoms with Crippen LogP contribution in [0.4, 0.5) is 0 Å². The molecular formula is C13H11N5O2. The lowest BCUT2D eigenvalue weighted by atomic mass is 10.1. The first-order valence-corrected chi connectivity index (χ1v) is 5.79. The Hall–Kier alpha value is -2.98. The van der Waals surface area contributed by atoms with Crippen molar-refractivity contribution in [3.8, 4) is 12.1 Å². The van der Waals surface area contributed by atoms with E-state index in [0.717, 1.165) is 0 Å². The van der Waals surface area contributed by atoms with Crippen LogP contribution in [-0.4, -0.2) is 22.5 Å². The van der Waals surface area contributed by atoms with Gasteiger partial charge in [-0.15, -0.1) is 0 Å². The van der Waals surface area contributed by atoms with Crippen LogP contribution < -0.4 is 0 Å². The van der Waals surface area contributed by atoms with E-state index >= 15 is 0 Å². The summed E-state index contributed by atoms with van der Waals surface area (Å²) in [7, 11) is 0. The summed E-state index contributed by atoms with van der Waals surface area (Å²) >= 11 is 0. The highest BCUT2D eigenvalue weighted by Crippen LogP contribution is 2.15. The molecule has 1 heterocycles. The lowest BCUT2D eigenvalue weighted by Crippen LogP contribution is -2.18. The van der Waals surface area contributed by atoms with Gasteiger partial charge in [-0.1, -0.05) is 0 Å². The molecule has 1 atom stereocenters. The van der Waals surface area contributed by atoms with E-state index in [-0.39, 0.29) is 25.4 Å². The molecule has 0 aliphatic carbocycles. The lowest BCUT2D eigenvalue weighted by molar-refractivity contribution is -0.143. The van der Waals surface area contributed by atoms with Crippen molar-refractivity contribution in [3.63, 3.8) is 0 Å². The summed E-state index contributed by atoms with van der Waals surface area (Å²) in [5.41, 5.74) is 0.750. The van der Waals surface area contributed by atoms with Gasteiger partial charge in [-0.05, 0) is 13.0 Å². The van der Waals surface area contributed by atoms with Crippen LogP contribution >= 0.6 is 0 Å². The molecule has 1 aromatic heterocycles. The van der Waals surface area contributed by atoms with Gasteiger partial charge >= 0.3 is 5.97 Å². The van der Waals surface area contributed by atoms with Crippen LogP contribution in [-0.2, 0) is 22.5 Å². The fourth-order valence-electron chi connectivity index (χ4n) is 1.48. The second kappa shape index (κ2) is 7.45. The molecule has 0 spiro atoms. The first kappa shape index (κ1) is 15.1. The minimum atomic E-state index is -1.25. The number of ether oxygens (including phenoxy) is 1. The van der Waals surface area contributed by atoms with E-state index < -0.39 is 11.9 Å². The number of nitriles is 2. The van der Waals surface area contributed by atoms with Crippen molar-refractivity contribution >= 4 is 5.97 Å². The second-order valence-corrected chi connectivity index (χ2v) is 3.67. The predicted molar refractivity (Wildman–Crippen MR) is 66.6 cm³/mol. The molecule has 0 bridgehead atoms. The number of esters is 1. The Kier molecular flexibility index (Phi) is 5.62. The molecule has 7 heteroatoms. The molecule has 1 rings (SSSR count). The number of aromatic nitrogens is 2. The normalized spacial score (nSPS) is 10.7. The predicted octanol–water partition coefficient (Wildman–Crippen LogP) is 1.13. The van der Waals surface area contributed by atoms with Gasteiger partial charge in [-0.3, -0.25) is 4.79 Å². The second-order valence-electron chi connectivity index (χ2n) is 3.67. The van der Waals surface area contributed by atoms with E-state index in [1.165, 1.54) is 6.07 Å². The van der Waals surface area contributed by atoms with Gasteiger partial charge in [0.05, 0.1) is 30.9 Å². The van der Waals surface area contributed by atoms with Crippen molar-refractivity contribution in [1.29, 1.82) is 10.5 Å². The van der Waals surface area contributed by atoms with Gasteiger partial charge < -0.3 is 9.58 Å². The summed E-state index contributed by atoms with van der Waals surface area (Å²) in [6, 6.07) is 5.22. The molecule has 0 saturated heterocycles. The highest BCUT2D eigenvalue weighted by molar-refractivity contribution is 5.80. The van der Waals surface area contributed by atoms with Crippen LogP contribution in [0.1, 0.15) is 30.1 Å². The van der Waals surface area contributed by atoms with Gasteiger partial charge in [0, 0.05) is 0 Å². The van der Waals surface area contributed by atoms with E-state index in [2.05, 4.69) is 14.8 Å². The van der Waals surface area contributed by atoms with Gasteiger partial charge in [0.1, 0.15) is 5.69 Å². The van der Waals surface area contributed by atoms with Crippen LogP contribution in [0.15, 0.2) is 6.07 Å². The number of carbonyl (C=O) groups excluding carboxylic acids is 1. The maximum absolute atomic E-state index is 11.7. The molecule has 0 aliphatic rings. The van der Waals surface area contributed by atoms with Crippen molar-refractivity contribution in [3.05, 3.63) is 34.7 Å². The van der Waals surface area contributed by atoms with Crippen LogP contribution in [0.3, 0.4) is 0 Å². The van der Waals surface area contributed by atoms with Crippen LogP contribution in [0.2, 0.25) is 0 Å². The Morgan fingerprint density at radius 2 is 2.20 bits per heavy atom. The number of hydrogen-bond donors (Lipinski definition) is 0. The van der Waals surface area contributed by atoms with Crippen molar-refractivity contribution in [2.45, 2.75) is 25.8 Å². The Morgan fingerprint density at radius 3 is 2.75 bits per heavy atom. The fourth-order valence-corrected chi connectivity index (χ4v) is 1.48. The summed E-state index contributed by atoms with van der Waals surface area (Å²) in [5.74, 6) is -2.02. The maximum atomic E-state index is 11.7. The zero-order chi connectivity index (χ0) is 15.0. The molecule has 0 aromatic carbocycles. The van der Waals surface area contributed by atoms with Crippen molar-refractivity contribution in [2.24, 2.45) is 0 Å². The molecule has 20 heavy (non-hydrogen) atoms. The molecule has 7 nitrogen and oxygen atoms in total. The molecule has 100 valence electrons. The molecule has 1 aromatic rings. The molecule has 0 N–H and O–H groups in total. The monoisotopic (exact) mass is 269 g/mol. The SMILES string of the molecule is [C-]#[N+]Cc1cc(CC#N)nc(C(C#N)C(=O)OCC)n1. The first-order valence-electron chi connectivity index (χ1n) is 5.79. The minimum absolute atomic E-state index is 0.00504. The molecule has 0 aliphatic heterocycles. The van der Waals surface area contributed by atoms with Gasteiger partial charge in [0.15, 0.2) is 5.82 Å². The standard InChI is InChI=1S/C13H11N5O2/c1-3-20-13(19)11(7-15)12-17-9(4-5-14)6-10(18-12)8-16-2/h6,11H,3-4,8H2,1H3. The van der Waals surface area contributed by atoms with E-state index in [4.69, 9.17) is 21.8 Å². The van der Waals surface area contributed by atoms with Gasteiger partial charge in [-0.25, -0.2) is 16.5 Å². The summed E-state index contributed by atoms with van der Waals surface area (Å²) in [5, 5.41) is 17.8. The third kappa shape index (κ3) is 3.76. The maximum Gasteiger partial charge on any atom is 0.331 e. The fraction of sp³-hybridized carbons (Fsp3) is 0.385. The summed E-state index contributed by atoms with van der Waals surface area (Å²) in [6.07, 6.45) is 0.0154. The van der Waals surface area contributed by atoms with Crippen LogP contribution in [0, 0.1) is 29.2 Å². The molecule has 0 radical (unpaired) electrons. The number of rotatable bonds is 5. The zero-order valence-corrected chi connectivity index (χ0v) is 10.8. The molecule has 0 fully saturated rings. The number of nitrogens with zero attached hydrogens (tertiary/aromatic N) is 5. The average molecular weight is 269 g/mol. The number of carbonyl (C=O) groups is 1. The molecule has 1 unspecified atom stereocenters. The van der Waals surface area contributed by atoms with Gasteiger partial charge in [0.25, 0.3) is 6.54 Å². The van der Waals surface area contributed by atoms with E-state index in [1.807, 2.05) is 6.07 Å². The molecule has 0 saturated carbocycles. The third-order valence-electron chi connectivity index (χ3n) is 2.26. The minimum Gasteiger partial charge on any atom is -0.465 e. The Balaban J connectivity index is 3.21. The quantitative estimate of drug-likeness (QED) is 0.586. The van der Waals surface area contributed by atoms with Crippen molar-refractivity contribution in [1.82, 2.24) is 9.97 Å². The molecule has 0 amide bonds. The van der Waals surface area contributed by atoms with Crippen molar-refractivity contribution in [2.75, 3.05) is 6.61 Å². The Bertz CT molecular complexity index is 587. The summed E-state index contributed by atoms with van der Waals surface area (Å²) in [6.45, 7) is 8.59. The van der Waals surface area contributed by atoms with E-state index in [1.54, 1.807) is 13.0 Å². The summed E-state index contributed by atoms with van der Waals surface area (Å²) in [4.78, 5) is 22.9. The average Bonchev–Trinajstić information content (AvgIpc) is 2.40. The van der Waals surface area contributed by atoms with E-state index in [9.17, 15) is 4.79 Å². The van der Waals surface area contributed by atoms with Gasteiger partial charge in [-0.2, -0.15) is 10.5 Å². The largest absolute Gasteiger partial charge is 0.465 e. The highest BCUT2D eigenvalue weighted by atomic mass is 16.5. The number of hydrogen-bond acceptors (Lipinski definition) is 6. The van der Waals surface area contributed by atoms with Gasteiger partial charge in [0.2, 0.25) is 5.92 Å². The van der Waals surface area contributed by atoms with Crippen LogP contribution in [0.25, 0.3) is 4.85 Å². The first-order chi connectivity index (χ1) is 9.65.